The van der Waals surface area contributed by atoms with E-state index >= 15 is 0 Å². The van der Waals surface area contributed by atoms with Crippen molar-refractivity contribution in [2.45, 2.75) is 0 Å². The van der Waals surface area contributed by atoms with Crippen molar-refractivity contribution in [1.29, 1.82) is 0 Å². The molecule has 2 aromatic rings. The van der Waals surface area contributed by atoms with E-state index in [9.17, 15) is 4.79 Å². The van der Waals surface area contributed by atoms with E-state index in [1.165, 1.54) is 0 Å². The van der Waals surface area contributed by atoms with Gasteiger partial charge in [-0.2, -0.15) is 0 Å². The summed E-state index contributed by atoms with van der Waals surface area (Å²) in [6, 6.07) is 10.3. The molecule has 0 atom stereocenters. The van der Waals surface area contributed by atoms with Gasteiger partial charge in [0.2, 0.25) is 5.78 Å². The van der Waals surface area contributed by atoms with Crippen LogP contribution in [0.5, 0.6) is 5.75 Å². The Morgan fingerprint density at radius 3 is 2.70 bits per heavy atom. The van der Waals surface area contributed by atoms with E-state index in [1.54, 1.807) is 18.2 Å². The van der Waals surface area contributed by atoms with Gasteiger partial charge in [0.1, 0.15) is 5.75 Å². The minimum Gasteiger partial charge on any atom is -0.484 e. The number of rotatable bonds is 4. The van der Waals surface area contributed by atoms with Crippen LogP contribution in [-0.2, 0) is 0 Å². The highest BCUT2D eigenvalue weighted by atomic mass is 127. The van der Waals surface area contributed by atoms with Crippen LogP contribution in [0.4, 0.5) is 0 Å². The summed E-state index contributed by atoms with van der Waals surface area (Å²) in [5, 5.41) is 0.823. The predicted molar refractivity (Wildman–Crippen MR) is 93.1 cm³/mol. The topological polar surface area (TPSA) is 26.3 Å². The second-order valence-corrected chi connectivity index (χ2v) is 6.66. The summed E-state index contributed by atoms with van der Waals surface area (Å²) in [6.45, 7) is -0.0756. The van der Waals surface area contributed by atoms with Gasteiger partial charge in [-0.3, -0.25) is 4.79 Å². The van der Waals surface area contributed by atoms with Crippen molar-refractivity contribution >= 4 is 67.5 Å². The summed E-state index contributed by atoms with van der Waals surface area (Å²) in [7, 11) is 0. The molecule has 2 aromatic carbocycles. The second kappa shape index (κ2) is 7.11. The minimum absolute atomic E-state index is 0.0756. The molecule has 0 amide bonds. The van der Waals surface area contributed by atoms with Gasteiger partial charge >= 0.3 is 0 Å². The largest absolute Gasteiger partial charge is 0.484 e. The third kappa shape index (κ3) is 3.87. The van der Waals surface area contributed by atoms with Crippen LogP contribution in [0.1, 0.15) is 10.4 Å². The Labute approximate surface area is 148 Å². The van der Waals surface area contributed by atoms with Crippen LogP contribution in [0.3, 0.4) is 0 Å². The van der Waals surface area contributed by atoms with Crippen LogP contribution in [0.15, 0.2) is 40.9 Å². The molecule has 0 aliphatic heterocycles. The van der Waals surface area contributed by atoms with Crippen molar-refractivity contribution < 1.29 is 9.53 Å². The number of ether oxygens (including phenoxy) is 1. The Kier molecular flexibility index (Phi) is 5.72. The molecule has 0 saturated carbocycles. The van der Waals surface area contributed by atoms with Crippen LogP contribution < -0.4 is 4.74 Å². The normalized spacial score (nSPS) is 10.4. The third-order valence-corrected chi connectivity index (χ3v) is 5.57. The number of Topliss-reactive ketones (excluding diaryl/α,β-unsaturated/α-hetero) is 1. The zero-order valence-electron chi connectivity index (χ0n) is 10.00. The lowest BCUT2D eigenvalue weighted by molar-refractivity contribution is 0.0921. The number of benzene rings is 2. The lowest BCUT2D eigenvalue weighted by atomic mass is 10.1. The first kappa shape index (κ1) is 16.1. The number of carbonyl (C=O) groups excluding carboxylic acids is 1. The number of carbonyl (C=O) groups is 1. The van der Waals surface area contributed by atoms with Crippen molar-refractivity contribution in [3.05, 3.63) is 60.0 Å². The van der Waals surface area contributed by atoms with E-state index in [1.807, 2.05) is 18.2 Å². The van der Waals surface area contributed by atoms with E-state index in [0.29, 0.717) is 21.4 Å². The number of hydrogen-bond acceptors (Lipinski definition) is 2. The van der Waals surface area contributed by atoms with Gasteiger partial charge in [0.15, 0.2) is 6.61 Å². The zero-order chi connectivity index (χ0) is 14.7. The maximum absolute atomic E-state index is 12.1. The van der Waals surface area contributed by atoms with Gasteiger partial charge in [-0.05, 0) is 68.9 Å². The molecule has 2 rings (SSSR count). The van der Waals surface area contributed by atoms with E-state index in [0.717, 1.165) is 8.04 Å². The molecular formula is C14H8BrCl2IO2. The molecule has 20 heavy (non-hydrogen) atoms. The van der Waals surface area contributed by atoms with Crippen LogP contribution in [0.2, 0.25) is 10.0 Å². The van der Waals surface area contributed by atoms with Crippen LogP contribution >= 0.6 is 61.7 Å². The average Bonchev–Trinajstić information content (AvgIpc) is 2.40. The number of hydrogen-bond donors (Lipinski definition) is 0. The summed E-state index contributed by atoms with van der Waals surface area (Å²) in [5.41, 5.74) is 0.404. The first-order chi connectivity index (χ1) is 9.49. The maximum Gasteiger partial charge on any atom is 0.201 e. The highest BCUT2D eigenvalue weighted by molar-refractivity contribution is 14.1. The van der Waals surface area contributed by atoms with Crippen LogP contribution in [0.25, 0.3) is 0 Å². The highest BCUT2D eigenvalue weighted by Crippen LogP contribution is 2.28. The van der Waals surface area contributed by atoms with Crippen LogP contribution in [0, 0.1) is 3.57 Å². The predicted octanol–water partition coefficient (Wildman–Crippen LogP) is 5.62. The molecule has 0 fully saturated rings. The van der Waals surface area contributed by atoms with Gasteiger partial charge < -0.3 is 4.74 Å². The second-order valence-electron chi connectivity index (χ2n) is 3.89. The molecule has 2 nitrogen and oxygen atoms in total. The quantitative estimate of drug-likeness (QED) is 0.415. The molecule has 0 aromatic heterocycles. The summed E-state index contributed by atoms with van der Waals surface area (Å²) < 4.78 is 7.38. The van der Waals surface area contributed by atoms with Crippen molar-refractivity contribution in [2.75, 3.05) is 6.61 Å². The first-order valence-corrected chi connectivity index (χ1v) is 8.17. The van der Waals surface area contributed by atoms with Crippen molar-refractivity contribution in [1.82, 2.24) is 0 Å². The van der Waals surface area contributed by atoms with Gasteiger partial charge in [-0.15, -0.1) is 0 Å². The molecule has 0 saturated heterocycles. The Bertz CT molecular complexity index is 662. The Hall–Kier alpha value is -0.300. The minimum atomic E-state index is -0.192. The number of halogens is 4. The van der Waals surface area contributed by atoms with Gasteiger partial charge in [-0.25, -0.2) is 0 Å². The standard InChI is InChI=1S/C14H8BrCl2IO2/c15-10-2-1-3-13(14(10)18)20-7-12(19)9-5-4-8(16)6-11(9)17/h1-6H,7H2. The molecule has 0 spiro atoms. The SMILES string of the molecule is O=C(COc1cccc(Br)c1I)c1ccc(Cl)cc1Cl. The summed E-state index contributed by atoms with van der Waals surface area (Å²) >= 11 is 17.4. The molecule has 0 unspecified atom stereocenters. The fourth-order valence-corrected chi connectivity index (χ4v) is 2.91. The molecule has 0 N–H and O–H groups in total. The van der Waals surface area contributed by atoms with Gasteiger partial charge in [0.05, 0.1) is 8.59 Å². The lowest BCUT2D eigenvalue weighted by Gasteiger charge is -2.09. The maximum atomic E-state index is 12.1. The van der Waals surface area contributed by atoms with E-state index in [-0.39, 0.29) is 12.4 Å². The van der Waals surface area contributed by atoms with E-state index in [2.05, 4.69) is 38.5 Å². The third-order valence-electron chi connectivity index (χ3n) is 2.51. The molecule has 104 valence electrons. The fraction of sp³-hybridized carbons (Fsp3) is 0.0714. The average molecular weight is 486 g/mol. The van der Waals surface area contributed by atoms with Gasteiger partial charge in [-0.1, -0.05) is 29.3 Å². The first-order valence-electron chi connectivity index (χ1n) is 5.54. The zero-order valence-corrected chi connectivity index (χ0v) is 15.3. The van der Waals surface area contributed by atoms with E-state index < -0.39 is 0 Å². The Morgan fingerprint density at radius 1 is 1.25 bits per heavy atom. The Balaban J connectivity index is 2.11. The monoisotopic (exact) mass is 484 g/mol. The van der Waals surface area contributed by atoms with Crippen molar-refractivity contribution in [3.8, 4) is 5.75 Å². The van der Waals surface area contributed by atoms with Crippen molar-refractivity contribution in [2.24, 2.45) is 0 Å². The van der Waals surface area contributed by atoms with Crippen molar-refractivity contribution in [3.63, 3.8) is 0 Å². The molecule has 0 aliphatic rings. The lowest BCUT2D eigenvalue weighted by Crippen LogP contribution is -2.12. The Morgan fingerprint density at radius 2 is 2.00 bits per heavy atom. The summed E-state index contributed by atoms with van der Waals surface area (Å²) in [4.78, 5) is 12.1. The highest BCUT2D eigenvalue weighted by Gasteiger charge is 2.13. The molecule has 0 heterocycles. The summed E-state index contributed by atoms with van der Waals surface area (Å²) in [5.74, 6) is 0.459. The summed E-state index contributed by atoms with van der Waals surface area (Å²) in [6.07, 6.45) is 0. The van der Waals surface area contributed by atoms with Crippen LogP contribution in [-0.4, -0.2) is 12.4 Å². The molecule has 0 radical (unpaired) electrons. The molecular weight excluding hydrogens is 478 g/mol. The van der Waals surface area contributed by atoms with E-state index in [4.69, 9.17) is 27.9 Å². The molecule has 6 heteroatoms. The van der Waals surface area contributed by atoms with Gasteiger partial charge in [0, 0.05) is 15.1 Å². The number of ketones is 1. The fourth-order valence-electron chi connectivity index (χ4n) is 1.53. The van der Waals surface area contributed by atoms with Gasteiger partial charge in [0.25, 0.3) is 0 Å². The molecule has 0 bridgehead atoms. The molecule has 0 aliphatic carbocycles. The smallest absolute Gasteiger partial charge is 0.201 e.